The molecule has 2 rings (SSSR count). The van der Waals surface area contributed by atoms with Gasteiger partial charge in [0, 0.05) is 11.4 Å². The maximum absolute atomic E-state index is 6.23. The second kappa shape index (κ2) is 12.8. The van der Waals surface area contributed by atoms with Crippen molar-refractivity contribution in [3.63, 3.8) is 0 Å². The van der Waals surface area contributed by atoms with E-state index in [1.807, 2.05) is 18.2 Å². The standard InChI is InChI=1S/C24H34ClNO/c1-3-16-26(17-4-2)18-9-8-12-22-20-23(25)13-14-24(22)27-19-15-21-10-6-5-7-11-21/h5-7,10-11,13-14,20H,3-4,8-9,12,15-19H2,1-2H3. The van der Waals surface area contributed by atoms with Crippen molar-refractivity contribution >= 4 is 11.6 Å². The fourth-order valence-electron chi connectivity index (χ4n) is 3.43. The Morgan fingerprint density at radius 3 is 2.30 bits per heavy atom. The van der Waals surface area contributed by atoms with E-state index >= 15 is 0 Å². The van der Waals surface area contributed by atoms with Crippen molar-refractivity contribution in [2.45, 2.75) is 52.4 Å². The van der Waals surface area contributed by atoms with Gasteiger partial charge in [0.1, 0.15) is 5.75 Å². The normalized spacial score (nSPS) is 11.1. The number of unbranched alkanes of at least 4 members (excludes halogenated alkanes) is 1. The molecule has 2 aromatic carbocycles. The average Bonchev–Trinajstić information content (AvgIpc) is 2.68. The molecule has 0 aromatic heterocycles. The van der Waals surface area contributed by atoms with E-state index in [9.17, 15) is 0 Å². The van der Waals surface area contributed by atoms with Gasteiger partial charge in [-0.25, -0.2) is 0 Å². The van der Waals surface area contributed by atoms with E-state index in [1.165, 1.54) is 56.4 Å². The summed E-state index contributed by atoms with van der Waals surface area (Å²) in [6.45, 7) is 8.81. The lowest BCUT2D eigenvalue weighted by Crippen LogP contribution is -2.26. The third kappa shape index (κ3) is 8.36. The Bertz CT molecular complexity index is 638. The first-order chi connectivity index (χ1) is 13.2. The van der Waals surface area contributed by atoms with Crippen molar-refractivity contribution in [2.24, 2.45) is 0 Å². The molecule has 0 radical (unpaired) electrons. The minimum Gasteiger partial charge on any atom is -0.493 e. The Balaban J connectivity index is 1.82. The first-order valence-electron chi connectivity index (χ1n) is 10.4. The molecule has 0 spiro atoms. The zero-order chi connectivity index (χ0) is 19.3. The van der Waals surface area contributed by atoms with Crippen LogP contribution in [0.4, 0.5) is 0 Å². The van der Waals surface area contributed by atoms with Gasteiger partial charge in [-0.15, -0.1) is 0 Å². The van der Waals surface area contributed by atoms with E-state index in [0.29, 0.717) is 6.61 Å². The number of rotatable bonds is 13. The summed E-state index contributed by atoms with van der Waals surface area (Å²) in [4.78, 5) is 2.58. The molecule has 0 unspecified atom stereocenters. The first kappa shape index (κ1) is 21.8. The predicted octanol–water partition coefficient (Wildman–Crippen LogP) is 6.41. The Labute approximate surface area is 170 Å². The summed E-state index contributed by atoms with van der Waals surface area (Å²) in [5.74, 6) is 0.981. The van der Waals surface area contributed by atoms with Crippen LogP contribution < -0.4 is 4.74 Å². The summed E-state index contributed by atoms with van der Waals surface area (Å²) in [6.07, 6.45) is 6.79. The van der Waals surface area contributed by atoms with E-state index in [1.54, 1.807) is 0 Å². The quantitative estimate of drug-likeness (QED) is 0.368. The summed E-state index contributed by atoms with van der Waals surface area (Å²) in [5, 5.41) is 0.791. The van der Waals surface area contributed by atoms with Gasteiger partial charge in [-0.05, 0) is 81.1 Å². The molecule has 0 aliphatic heterocycles. The van der Waals surface area contributed by atoms with Crippen LogP contribution in [0.1, 0.15) is 50.7 Å². The molecule has 0 saturated carbocycles. The molecule has 0 saturated heterocycles. The van der Waals surface area contributed by atoms with Gasteiger partial charge in [-0.2, -0.15) is 0 Å². The Morgan fingerprint density at radius 2 is 1.59 bits per heavy atom. The average molecular weight is 388 g/mol. The number of halogens is 1. The molecule has 2 nitrogen and oxygen atoms in total. The molecule has 3 heteroatoms. The number of ether oxygens (including phenoxy) is 1. The van der Waals surface area contributed by atoms with Gasteiger partial charge < -0.3 is 9.64 Å². The van der Waals surface area contributed by atoms with Crippen LogP contribution in [-0.4, -0.2) is 31.1 Å². The molecule has 2 aromatic rings. The fourth-order valence-corrected chi connectivity index (χ4v) is 3.62. The van der Waals surface area contributed by atoms with Crippen LogP contribution in [0.5, 0.6) is 5.75 Å². The van der Waals surface area contributed by atoms with E-state index in [0.717, 1.165) is 23.6 Å². The molecule has 0 N–H and O–H groups in total. The molecule has 0 atom stereocenters. The molecular formula is C24H34ClNO. The molecular weight excluding hydrogens is 354 g/mol. The highest BCUT2D eigenvalue weighted by Crippen LogP contribution is 2.25. The van der Waals surface area contributed by atoms with Gasteiger partial charge in [0.2, 0.25) is 0 Å². The van der Waals surface area contributed by atoms with Crippen LogP contribution in [-0.2, 0) is 12.8 Å². The predicted molar refractivity (Wildman–Crippen MR) is 117 cm³/mol. The molecule has 0 heterocycles. The van der Waals surface area contributed by atoms with Crippen LogP contribution in [0.15, 0.2) is 48.5 Å². The van der Waals surface area contributed by atoms with Crippen LogP contribution in [0.25, 0.3) is 0 Å². The number of nitrogens with zero attached hydrogens (tertiary/aromatic N) is 1. The maximum Gasteiger partial charge on any atom is 0.122 e. The summed E-state index contributed by atoms with van der Waals surface area (Å²) >= 11 is 6.23. The minimum atomic E-state index is 0.694. The summed E-state index contributed by atoms with van der Waals surface area (Å²) in [5.41, 5.74) is 2.54. The largest absolute Gasteiger partial charge is 0.493 e. The van der Waals surface area contributed by atoms with Gasteiger partial charge in [0.15, 0.2) is 0 Å². The molecule has 0 amide bonds. The van der Waals surface area contributed by atoms with Gasteiger partial charge in [0.25, 0.3) is 0 Å². The smallest absolute Gasteiger partial charge is 0.122 e. The van der Waals surface area contributed by atoms with Crippen molar-refractivity contribution in [1.82, 2.24) is 4.90 Å². The van der Waals surface area contributed by atoms with E-state index in [4.69, 9.17) is 16.3 Å². The highest BCUT2D eigenvalue weighted by Gasteiger charge is 2.07. The van der Waals surface area contributed by atoms with Gasteiger partial charge in [-0.1, -0.05) is 55.8 Å². The number of aryl methyl sites for hydroxylation is 1. The summed E-state index contributed by atoms with van der Waals surface area (Å²) < 4.78 is 6.08. The maximum atomic E-state index is 6.23. The van der Waals surface area contributed by atoms with E-state index in [-0.39, 0.29) is 0 Å². The second-order valence-corrected chi connectivity index (χ2v) is 7.57. The lowest BCUT2D eigenvalue weighted by atomic mass is 10.1. The highest BCUT2D eigenvalue weighted by atomic mass is 35.5. The van der Waals surface area contributed by atoms with Crippen molar-refractivity contribution in [3.8, 4) is 5.75 Å². The van der Waals surface area contributed by atoms with E-state index in [2.05, 4.69) is 49.1 Å². The van der Waals surface area contributed by atoms with Gasteiger partial charge >= 0.3 is 0 Å². The van der Waals surface area contributed by atoms with Crippen molar-refractivity contribution in [2.75, 3.05) is 26.2 Å². The highest BCUT2D eigenvalue weighted by molar-refractivity contribution is 6.30. The van der Waals surface area contributed by atoms with Crippen LogP contribution >= 0.6 is 11.6 Å². The third-order valence-corrected chi connectivity index (χ3v) is 5.00. The molecule has 0 aliphatic carbocycles. The SMILES string of the molecule is CCCN(CCC)CCCCc1cc(Cl)ccc1OCCc1ccccc1. The van der Waals surface area contributed by atoms with Crippen molar-refractivity contribution < 1.29 is 4.74 Å². The van der Waals surface area contributed by atoms with Crippen LogP contribution in [0.2, 0.25) is 5.02 Å². The summed E-state index contributed by atoms with van der Waals surface area (Å²) in [7, 11) is 0. The zero-order valence-corrected chi connectivity index (χ0v) is 17.7. The molecule has 148 valence electrons. The molecule has 27 heavy (non-hydrogen) atoms. The lowest BCUT2D eigenvalue weighted by molar-refractivity contribution is 0.268. The van der Waals surface area contributed by atoms with Crippen LogP contribution in [0.3, 0.4) is 0 Å². The number of hydrogen-bond donors (Lipinski definition) is 0. The Kier molecular flexibility index (Phi) is 10.3. The zero-order valence-electron chi connectivity index (χ0n) is 16.9. The topological polar surface area (TPSA) is 12.5 Å². The monoisotopic (exact) mass is 387 g/mol. The van der Waals surface area contributed by atoms with Crippen molar-refractivity contribution in [3.05, 3.63) is 64.7 Å². The third-order valence-electron chi connectivity index (χ3n) is 4.76. The molecule has 0 fully saturated rings. The molecule has 0 bridgehead atoms. The van der Waals surface area contributed by atoms with Crippen LogP contribution in [0, 0.1) is 0 Å². The Morgan fingerprint density at radius 1 is 0.852 bits per heavy atom. The lowest BCUT2D eigenvalue weighted by Gasteiger charge is -2.20. The number of benzene rings is 2. The second-order valence-electron chi connectivity index (χ2n) is 7.13. The molecule has 0 aliphatic rings. The van der Waals surface area contributed by atoms with E-state index < -0.39 is 0 Å². The van der Waals surface area contributed by atoms with Gasteiger partial charge in [-0.3, -0.25) is 0 Å². The Hall–Kier alpha value is -1.51. The fraction of sp³-hybridized carbons (Fsp3) is 0.500. The summed E-state index contributed by atoms with van der Waals surface area (Å²) in [6, 6.07) is 16.5. The first-order valence-corrected chi connectivity index (χ1v) is 10.8. The minimum absolute atomic E-state index is 0.694. The number of hydrogen-bond acceptors (Lipinski definition) is 2. The van der Waals surface area contributed by atoms with Crippen molar-refractivity contribution in [1.29, 1.82) is 0 Å². The van der Waals surface area contributed by atoms with Gasteiger partial charge in [0.05, 0.1) is 6.61 Å².